The van der Waals surface area contributed by atoms with Crippen LogP contribution in [0.2, 0.25) is 0 Å². The Labute approximate surface area is 185 Å². The van der Waals surface area contributed by atoms with Gasteiger partial charge in [-0.25, -0.2) is 4.98 Å². The van der Waals surface area contributed by atoms with E-state index in [2.05, 4.69) is 53.1 Å². The van der Waals surface area contributed by atoms with E-state index in [0.29, 0.717) is 6.42 Å². The lowest BCUT2D eigenvalue weighted by Gasteiger charge is -2.23. The van der Waals surface area contributed by atoms with Crippen molar-refractivity contribution in [3.8, 4) is 0 Å². The smallest absolute Gasteiger partial charge is 0.223 e. The number of carbonyl (C=O) groups excluding carboxylic acids is 1. The highest BCUT2D eigenvalue weighted by atomic mass is 16.2. The van der Waals surface area contributed by atoms with Gasteiger partial charge in [0.2, 0.25) is 5.91 Å². The fourth-order valence-electron chi connectivity index (χ4n) is 5.50. The number of rotatable bonds is 7. The molecule has 1 aromatic heterocycles. The Morgan fingerprint density at radius 1 is 0.903 bits per heavy atom. The highest BCUT2D eigenvalue weighted by Crippen LogP contribution is 2.32. The van der Waals surface area contributed by atoms with Crippen molar-refractivity contribution in [2.75, 3.05) is 13.1 Å². The van der Waals surface area contributed by atoms with Gasteiger partial charge < -0.3 is 9.47 Å². The van der Waals surface area contributed by atoms with Gasteiger partial charge in [-0.05, 0) is 36.5 Å². The number of aryl methyl sites for hydroxylation is 1. The van der Waals surface area contributed by atoms with E-state index in [-0.39, 0.29) is 11.8 Å². The average molecular weight is 416 g/mol. The van der Waals surface area contributed by atoms with Gasteiger partial charge in [0.25, 0.3) is 0 Å². The fraction of sp³-hybridized carbons (Fsp3) is 0.481. The quantitative estimate of drug-likeness (QED) is 0.506. The number of hydrogen-bond acceptors (Lipinski definition) is 2. The highest BCUT2D eigenvalue weighted by molar-refractivity contribution is 5.81. The summed E-state index contributed by atoms with van der Waals surface area (Å²) < 4.78 is 2.43. The second kappa shape index (κ2) is 9.25. The molecule has 0 unspecified atom stereocenters. The van der Waals surface area contributed by atoms with Crippen LogP contribution >= 0.6 is 0 Å². The SMILES string of the molecule is O=C1C[C@@H](c2nc3ccccc3n2CCC2CCCCC2)CN1CCc1ccccc1. The highest BCUT2D eigenvalue weighted by Gasteiger charge is 2.33. The van der Waals surface area contributed by atoms with Gasteiger partial charge in [0.1, 0.15) is 5.82 Å². The molecule has 0 spiro atoms. The van der Waals surface area contributed by atoms with Crippen molar-refractivity contribution in [2.45, 2.75) is 63.8 Å². The van der Waals surface area contributed by atoms with E-state index in [4.69, 9.17) is 4.98 Å². The largest absolute Gasteiger partial charge is 0.342 e. The minimum atomic E-state index is 0.196. The molecule has 2 fully saturated rings. The first-order chi connectivity index (χ1) is 15.3. The lowest BCUT2D eigenvalue weighted by atomic mass is 9.87. The summed E-state index contributed by atoms with van der Waals surface area (Å²) in [6, 6.07) is 18.9. The van der Waals surface area contributed by atoms with Crippen molar-refractivity contribution >= 4 is 16.9 Å². The van der Waals surface area contributed by atoms with Gasteiger partial charge >= 0.3 is 0 Å². The summed E-state index contributed by atoms with van der Waals surface area (Å²) in [7, 11) is 0. The standard InChI is InChI=1S/C27H33N3O/c31-26-19-23(20-29(26)17-15-21-9-3-1-4-10-21)27-28-24-13-7-8-14-25(24)30(27)18-16-22-11-5-2-6-12-22/h1,3-4,7-10,13-14,22-23H,2,5-6,11-12,15-20H2/t23-/m1/s1. The molecular formula is C27H33N3O. The maximum absolute atomic E-state index is 12.8. The average Bonchev–Trinajstić information content (AvgIpc) is 3.37. The molecule has 1 aliphatic carbocycles. The first-order valence-corrected chi connectivity index (χ1v) is 12.0. The Hall–Kier alpha value is -2.62. The molecule has 0 radical (unpaired) electrons. The number of amides is 1. The Bertz CT molecular complexity index is 1020. The van der Waals surface area contributed by atoms with Crippen LogP contribution in [-0.2, 0) is 17.8 Å². The molecule has 3 aromatic rings. The molecule has 2 aliphatic rings. The minimum Gasteiger partial charge on any atom is -0.342 e. The van der Waals surface area contributed by atoms with Crippen LogP contribution in [0.15, 0.2) is 54.6 Å². The molecule has 1 amide bonds. The summed E-state index contributed by atoms with van der Waals surface area (Å²) in [4.78, 5) is 19.9. The Kier molecular flexibility index (Phi) is 6.06. The number of likely N-dealkylation sites (tertiary alicyclic amines) is 1. The van der Waals surface area contributed by atoms with Crippen LogP contribution in [-0.4, -0.2) is 33.4 Å². The van der Waals surface area contributed by atoms with Gasteiger partial charge in [0.05, 0.1) is 11.0 Å². The van der Waals surface area contributed by atoms with E-state index >= 15 is 0 Å². The molecule has 5 rings (SSSR count). The molecule has 0 N–H and O–H groups in total. The number of imidazole rings is 1. The third-order valence-electron chi connectivity index (χ3n) is 7.26. The van der Waals surface area contributed by atoms with E-state index in [0.717, 1.165) is 43.3 Å². The maximum atomic E-state index is 12.8. The zero-order chi connectivity index (χ0) is 21.0. The van der Waals surface area contributed by atoms with E-state index in [9.17, 15) is 4.79 Å². The maximum Gasteiger partial charge on any atom is 0.223 e. The van der Waals surface area contributed by atoms with Crippen LogP contribution in [0, 0.1) is 5.92 Å². The van der Waals surface area contributed by atoms with Crippen molar-refractivity contribution in [3.05, 3.63) is 66.0 Å². The molecule has 162 valence electrons. The molecule has 31 heavy (non-hydrogen) atoms. The number of fused-ring (bicyclic) bond motifs is 1. The monoisotopic (exact) mass is 415 g/mol. The Balaban J connectivity index is 1.32. The third kappa shape index (κ3) is 4.53. The van der Waals surface area contributed by atoms with Crippen molar-refractivity contribution in [1.82, 2.24) is 14.5 Å². The second-order valence-corrected chi connectivity index (χ2v) is 9.38. The lowest BCUT2D eigenvalue weighted by Crippen LogP contribution is -2.27. The summed E-state index contributed by atoms with van der Waals surface area (Å²) in [5.74, 6) is 2.43. The fourth-order valence-corrected chi connectivity index (χ4v) is 5.50. The predicted molar refractivity (Wildman–Crippen MR) is 125 cm³/mol. The topological polar surface area (TPSA) is 38.1 Å². The molecular weight excluding hydrogens is 382 g/mol. The minimum absolute atomic E-state index is 0.196. The molecule has 2 heterocycles. The van der Waals surface area contributed by atoms with Crippen LogP contribution in [0.1, 0.15) is 62.3 Å². The Morgan fingerprint density at radius 3 is 2.52 bits per heavy atom. The van der Waals surface area contributed by atoms with E-state index in [1.807, 2.05) is 11.0 Å². The molecule has 2 aromatic carbocycles. The van der Waals surface area contributed by atoms with Crippen molar-refractivity contribution < 1.29 is 4.79 Å². The van der Waals surface area contributed by atoms with Gasteiger partial charge in [0, 0.05) is 32.0 Å². The lowest BCUT2D eigenvalue weighted by molar-refractivity contribution is -0.127. The van der Waals surface area contributed by atoms with Crippen LogP contribution < -0.4 is 0 Å². The molecule has 1 aliphatic heterocycles. The number of carbonyl (C=O) groups is 1. The zero-order valence-electron chi connectivity index (χ0n) is 18.4. The number of benzene rings is 2. The van der Waals surface area contributed by atoms with Gasteiger partial charge in [0.15, 0.2) is 0 Å². The van der Waals surface area contributed by atoms with Crippen LogP contribution in [0.4, 0.5) is 0 Å². The molecule has 0 bridgehead atoms. The van der Waals surface area contributed by atoms with Crippen molar-refractivity contribution in [2.24, 2.45) is 5.92 Å². The number of para-hydroxylation sites is 2. The molecule has 1 saturated heterocycles. The second-order valence-electron chi connectivity index (χ2n) is 9.38. The van der Waals surface area contributed by atoms with E-state index in [1.165, 1.54) is 49.6 Å². The summed E-state index contributed by atoms with van der Waals surface area (Å²) in [5, 5.41) is 0. The van der Waals surface area contributed by atoms with E-state index < -0.39 is 0 Å². The van der Waals surface area contributed by atoms with Crippen LogP contribution in [0.25, 0.3) is 11.0 Å². The number of hydrogen-bond donors (Lipinski definition) is 0. The van der Waals surface area contributed by atoms with Gasteiger partial charge in [-0.2, -0.15) is 0 Å². The first-order valence-electron chi connectivity index (χ1n) is 12.0. The molecule has 4 heteroatoms. The molecule has 4 nitrogen and oxygen atoms in total. The predicted octanol–water partition coefficient (Wildman–Crippen LogP) is 5.57. The van der Waals surface area contributed by atoms with Crippen molar-refractivity contribution in [3.63, 3.8) is 0 Å². The number of aromatic nitrogens is 2. The molecule has 1 atom stereocenters. The van der Waals surface area contributed by atoms with Gasteiger partial charge in [-0.15, -0.1) is 0 Å². The molecule has 1 saturated carbocycles. The first kappa shape index (κ1) is 20.3. The summed E-state index contributed by atoms with van der Waals surface area (Å²) in [5.41, 5.74) is 3.58. The number of nitrogens with zero attached hydrogens (tertiary/aromatic N) is 3. The summed E-state index contributed by atoms with van der Waals surface area (Å²) >= 11 is 0. The zero-order valence-corrected chi connectivity index (χ0v) is 18.4. The van der Waals surface area contributed by atoms with Crippen LogP contribution in [0.3, 0.4) is 0 Å². The van der Waals surface area contributed by atoms with Crippen LogP contribution in [0.5, 0.6) is 0 Å². The van der Waals surface area contributed by atoms with Crippen molar-refractivity contribution in [1.29, 1.82) is 0 Å². The van der Waals surface area contributed by atoms with Gasteiger partial charge in [-0.1, -0.05) is 74.6 Å². The van der Waals surface area contributed by atoms with Gasteiger partial charge in [-0.3, -0.25) is 4.79 Å². The summed E-state index contributed by atoms with van der Waals surface area (Å²) in [6.45, 7) is 2.61. The summed E-state index contributed by atoms with van der Waals surface area (Å²) in [6.07, 6.45) is 9.64. The third-order valence-corrected chi connectivity index (χ3v) is 7.26. The Morgan fingerprint density at radius 2 is 1.68 bits per heavy atom. The normalized spacial score (nSPS) is 20.1. The van der Waals surface area contributed by atoms with E-state index in [1.54, 1.807) is 0 Å².